The third-order valence-corrected chi connectivity index (χ3v) is 3.92. The van der Waals surface area contributed by atoms with Crippen LogP contribution < -0.4 is 10.5 Å². The molecule has 1 aromatic carbocycles. The lowest BCUT2D eigenvalue weighted by molar-refractivity contribution is 0.316. The average Bonchev–Trinajstić information content (AvgIpc) is 2.87. The van der Waals surface area contributed by atoms with Crippen LogP contribution in [0.5, 0.6) is 11.5 Å². The van der Waals surface area contributed by atoms with Crippen LogP contribution in [-0.4, -0.2) is 11.7 Å². The highest BCUT2D eigenvalue weighted by Gasteiger charge is 2.15. The quantitative estimate of drug-likeness (QED) is 0.900. The van der Waals surface area contributed by atoms with Gasteiger partial charge in [-0.1, -0.05) is 0 Å². The van der Waals surface area contributed by atoms with Crippen LogP contribution in [0.4, 0.5) is 0 Å². The molecule has 3 nitrogen and oxygen atoms in total. The molecule has 0 bridgehead atoms. The van der Waals surface area contributed by atoms with Gasteiger partial charge < -0.3 is 15.6 Å². The summed E-state index contributed by atoms with van der Waals surface area (Å²) in [5.41, 5.74) is 8.15. The first kappa shape index (κ1) is 13.4. The van der Waals surface area contributed by atoms with E-state index in [1.165, 1.54) is 0 Å². The van der Waals surface area contributed by atoms with Gasteiger partial charge in [0.25, 0.3) is 0 Å². The number of phenolic OH excluding ortho intramolecular Hbond substituents is 1. The van der Waals surface area contributed by atoms with E-state index in [0.717, 1.165) is 11.1 Å². The Labute approximate surface area is 118 Å². The Morgan fingerprint density at radius 3 is 2.83 bits per heavy atom. The van der Waals surface area contributed by atoms with E-state index >= 15 is 0 Å². The van der Waals surface area contributed by atoms with Crippen molar-refractivity contribution in [2.45, 2.75) is 13.0 Å². The van der Waals surface area contributed by atoms with Crippen LogP contribution in [0.1, 0.15) is 24.1 Å². The second-order valence-electron chi connectivity index (χ2n) is 3.82. The smallest absolute Gasteiger partial charge is 0.172 e. The lowest BCUT2D eigenvalue weighted by Crippen LogP contribution is -2.11. The van der Waals surface area contributed by atoms with Crippen LogP contribution in [0.25, 0.3) is 0 Å². The number of rotatable bonds is 4. The maximum absolute atomic E-state index is 9.85. The van der Waals surface area contributed by atoms with Crippen molar-refractivity contribution in [3.05, 3.63) is 44.6 Å². The molecule has 0 spiro atoms. The van der Waals surface area contributed by atoms with Gasteiger partial charge in [0.05, 0.1) is 17.1 Å². The predicted octanol–water partition coefficient (Wildman–Crippen LogP) is 3.66. The summed E-state index contributed by atoms with van der Waals surface area (Å²) in [6.07, 6.45) is 0. The molecule has 3 N–H and O–H groups in total. The molecule has 0 saturated carbocycles. The summed E-state index contributed by atoms with van der Waals surface area (Å²) in [5, 5.41) is 13.9. The Bertz CT molecular complexity index is 528. The fourth-order valence-electron chi connectivity index (χ4n) is 1.68. The first-order valence-corrected chi connectivity index (χ1v) is 7.30. The second kappa shape index (κ2) is 5.73. The number of ether oxygens (including phenoxy) is 1. The normalized spacial score (nSPS) is 12.4. The van der Waals surface area contributed by atoms with Gasteiger partial charge in [0.1, 0.15) is 0 Å². The Hall–Kier alpha value is -1.04. The minimum absolute atomic E-state index is 0.109. The van der Waals surface area contributed by atoms with Crippen LogP contribution in [0.3, 0.4) is 0 Å². The summed E-state index contributed by atoms with van der Waals surface area (Å²) in [6.45, 7) is 2.37. The number of hydrogen-bond acceptors (Lipinski definition) is 4. The van der Waals surface area contributed by atoms with E-state index in [0.29, 0.717) is 16.8 Å². The van der Waals surface area contributed by atoms with E-state index in [-0.39, 0.29) is 11.8 Å². The Balaban J connectivity index is 2.39. The molecule has 1 aromatic heterocycles. The van der Waals surface area contributed by atoms with Crippen molar-refractivity contribution in [1.82, 2.24) is 0 Å². The maximum Gasteiger partial charge on any atom is 0.172 e. The summed E-state index contributed by atoms with van der Waals surface area (Å²) in [4.78, 5) is 0. The van der Waals surface area contributed by atoms with Crippen molar-refractivity contribution < 1.29 is 9.84 Å². The first-order valence-electron chi connectivity index (χ1n) is 5.56. The molecule has 18 heavy (non-hydrogen) atoms. The van der Waals surface area contributed by atoms with E-state index in [1.54, 1.807) is 17.4 Å². The van der Waals surface area contributed by atoms with Gasteiger partial charge in [-0.2, -0.15) is 11.3 Å². The lowest BCUT2D eigenvalue weighted by Gasteiger charge is -2.14. The fraction of sp³-hybridized carbons (Fsp3) is 0.231. The number of benzene rings is 1. The first-order chi connectivity index (χ1) is 8.63. The molecule has 0 unspecified atom stereocenters. The third-order valence-electron chi connectivity index (χ3n) is 2.61. The molecule has 0 aliphatic rings. The molecule has 0 fully saturated rings. The molecule has 2 rings (SSSR count). The van der Waals surface area contributed by atoms with Crippen LogP contribution in [0, 0.1) is 0 Å². The largest absolute Gasteiger partial charge is 0.503 e. The van der Waals surface area contributed by atoms with Crippen LogP contribution in [0.15, 0.2) is 33.4 Å². The molecule has 96 valence electrons. The molecule has 1 heterocycles. The van der Waals surface area contributed by atoms with Crippen molar-refractivity contribution in [2.24, 2.45) is 5.73 Å². The van der Waals surface area contributed by atoms with Crippen molar-refractivity contribution >= 4 is 27.3 Å². The number of aromatic hydroxyl groups is 1. The molecule has 0 aliphatic heterocycles. The fourth-order valence-corrected chi connectivity index (χ4v) is 2.84. The highest BCUT2D eigenvalue weighted by molar-refractivity contribution is 9.10. The van der Waals surface area contributed by atoms with Crippen LogP contribution in [0.2, 0.25) is 0 Å². The lowest BCUT2D eigenvalue weighted by atomic mass is 10.0. The molecule has 0 aliphatic carbocycles. The number of halogens is 1. The van der Waals surface area contributed by atoms with E-state index in [9.17, 15) is 5.11 Å². The molecular formula is C13H14BrNO2S. The molecule has 0 radical (unpaired) electrons. The number of thiophene rings is 1. The van der Waals surface area contributed by atoms with Crippen molar-refractivity contribution in [3.63, 3.8) is 0 Å². The number of nitrogens with two attached hydrogens (primary N) is 1. The molecular weight excluding hydrogens is 314 g/mol. The van der Waals surface area contributed by atoms with Crippen molar-refractivity contribution in [3.8, 4) is 11.5 Å². The number of phenols is 1. The van der Waals surface area contributed by atoms with Crippen LogP contribution in [-0.2, 0) is 0 Å². The summed E-state index contributed by atoms with van der Waals surface area (Å²) >= 11 is 4.93. The summed E-state index contributed by atoms with van der Waals surface area (Å²) in [6, 6.07) is 5.38. The minimum atomic E-state index is -0.215. The molecule has 0 saturated heterocycles. The zero-order chi connectivity index (χ0) is 13.1. The Morgan fingerprint density at radius 2 is 2.22 bits per heavy atom. The van der Waals surface area contributed by atoms with Gasteiger partial charge in [0, 0.05) is 0 Å². The molecule has 1 atom stereocenters. The van der Waals surface area contributed by atoms with Gasteiger partial charge in [0.15, 0.2) is 11.5 Å². The van der Waals surface area contributed by atoms with E-state index in [1.807, 2.05) is 29.8 Å². The minimum Gasteiger partial charge on any atom is -0.503 e. The summed E-state index contributed by atoms with van der Waals surface area (Å²) < 4.78 is 5.98. The maximum atomic E-state index is 9.85. The Morgan fingerprint density at radius 1 is 1.44 bits per heavy atom. The highest BCUT2D eigenvalue weighted by Crippen LogP contribution is 2.38. The summed E-state index contributed by atoms with van der Waals surface area (Å²) in [7, 11) is 0. The molecule has 0 amide bonds. The van der Waals surface area contributed by atoms with Gasteiger partial charge >= 0.3 is 0 Å². The van der Waals surface area contributed by atoms with Crippen molar-refractivity contribution in [2.75, 3.05) is 6.61 Å². The van der Waals surface area contributed by atoms with Gasteiger partial charge in [-0.3, -0.25) is 0 Å². The van der Waals surface area contributed by atoms with E-state index in [2.05, 4.69) is 15.9 Å². The summed E-state index contributed by atoms with van der Waals surface area (Å²) in [5.74, 6) is 0.561. The predicted molar refractivity (Wildman–Crippen MR) is 77.3 cm³/mol. The monoisotopic (exact) mass is 327 g/mol. The third kappa shape index (κ3) is 2.68. The Kier molecular flexibility index (Phi) is 4.27. The van der Waals surface area contributed by atoms with Crippen LogP contribution >= 0.6 is 27.3 Å². The van der Waals surface area contributed by atoms with Gasteiger partial charge in [-0.15, -0.1) is 0 Å². The highest BCUT2D eigenvalue weighted by atomic mass is 79.9. The topological polar surface area (TPSA) is 55.5 Å². The standard InChI is InChI=1S/C13H14BrNO2S/c1-2-17-11-6-9(5-10(14)13(11)16)12(15)8-3-4-18-7-8/h3-7,12,16H,2,15H2,1H3/t12-/m1/s1. The zero-order valence-electron chi connectivity index (χ0n) is 9.89. The van der Waals surface area contributed by atoms with Crippen molar-refractivity contribution in [1.29, 1.82) is 0 Å². The van der Waals surface area contributed by atoms with E-state index < -0.39 is 0 Å². The van der Waals surface area contributed by atoms with Gasteiger partial charge in [0.2, 0.25) is 0 Å². The zero-order valence-corrected chi connectivity index (χ0v) is 12.3. The SMILES string of the molecule is CCOc1cc([C@H](N)c2ccsc2)cc(Br)c1O. The van der Waals surface area contributed by atoms with Gasteiger partial charge in [-0.25, -0.2) is 0 Å². The number of hydrogen-bond donors (Lipinski definition) is 2. The average molecular weight is 328 g/mol. The molecule has 5 heteroatoms. The van der Waals surface area contributed by atoms with E-state index in [4.69, 9.17) is 10.5 Å². The van der Waals surface area contributed by atoms with Gasteiger partial charge in [-0.05, 0) is 62.9 Å². The second-order valence-corrected chi connectivity index (χ2v) is 5.45. The molecule has 2 aromatic rings.